The number of nitrogen functional groups attached to an aromatic ring is 1. The summed E-state index contributed by atoms with van der Waals surface area (Å²) in [5.74, 6) is -0.198. The average Bonchev–Trinajstić information content (AvgIpc) is 3.58. The number of fused-ring (bicyclic) bond motifs is 2. The van der Waals surface area contributed by atoms with E-state index in [1.165, 1.54) is 12.4 Å². The van der Waals surface area contributed by atoms with E-state index in [-0.39, 0.29) is 18.0 Å². The smallest absolute Gasteiger partial charge is 0.276 e. The molecule has 1 aliphatic heterocycles. The van der Waals surface area contributed by atoms with Crippen LogP contribution in [0, 0.1) is 5.82 Å². The maximum absolute atomic E-state index is 15.4. The van der Waals surface area contributed by atoms with Gasteiger partial charge in [-0.25, -0.2) is 19.0 Å². The third kappa shape index (κ3) is 3.86. The van der Waals surface area contributed by atoms with Crippen molar-refractivity contribution in [1.29, 1.82) is 0 Å². The van der Waals surface area contributed by atoms with E-state index in [0.29, 0.717) is 46.5 Å². The Morgan fingerprint density at radius 2 is 1.95 bits per heavy atom. The normalized spacial score (nSPS) is 12.8. The Bertz CT molecular complexity index is 1670. The zero-order valence-electron chi connectivity index (χ0n) is 20.1. The molecule has 2 aromatic carbocycles. The summed E-state index contributed by atoms with van der Waals surface area (Å²) in [6, 6.07) is 14.5. The number of rotatable bonds is 7. The lowest BCUT2D eigenvalue weighted by Gasteiger charge is -2.09. The fourth-order valence-electron chi connectivity index (χ4n) is 5.22. The molecule has 37 heavy (non-hydrogen) atoms. The molecule has 0 spiro atoms. The molecule has 0 aliphatic carbocycles. The van der Waals surface area contributed by atoms with E-state index in [4.69, 9.17) is 5.73 Å². The van der Waals surface area contributed by atoms with Crippen LogP contribution in [0.1, 0.15) is 17.7 Å². The molecule has 3 aromatic heterocycles. The molecule has 4 N–H and O–H groups in total. The van der Waals surface area contributed by atoms with Crippen LogP contribution in [0.2, 0.25) is 0 Å². The van der Waals surface area contributed by atoms with Gasteiger partial charge in [0.15, 0.2) is 0 Å². The molecule has 0 amide bonds. The molecule has 0 bridgehead atoms. The predicted octanol–water partition coefficient (Wildman–Crippen LogP) is 3.32. The maximum Gasteiger partial charge on any atom is 0.276 e. The summed E-state index contributed by atoms with van der Waals surface area (Å²) in [6.07, 6.45) is 4.90. The fraction of sp³-hybridized carbons (Fsp3) is 0.222. The number of aliphatic hydroxyl groups is 1. The lowest BCUT2D eigenvalue weighted by Crippen LogP contribution is -2.23. The van der Waals surface area contributed by atoms with Crippen LogP contribution in [0.3, 0.4) is 0 Å². The van der Waals surface area contributed by atoms with E-state index in [0.717, 1.165) is 30.8 Å². The predicted molar refractivity (Wildman–Crippen MR) is 140 cm³/mol. The van der Waals surface area contributed by atoms with Crippen molar-refractivity contribution in [2.45, 2.75) is 32.5 Å². The monoisotopic (exact) mass is 499 g/mol. The standard InChI is InChI=1S/C27H26FN7O2/c28-22-13-17(8-9-19(22)21-15-33(11-12-36)26-24(21)25(29)31-16-32-26)30-14-20-23-7-4-10-34(23)35(27(20)37)18-5-2-1-3-6-18/h1-3,5-6,8-9,13,15-16,30,36H,4,7,10-12,14H2,(H2,29,31,32). The van der Waals surface area contributed by atoms with Crippen molar-refractivity contribution < 1.29 is 9.50 Å². The largest absolute Gasteiger partial charge is 0.395 e. The molecule has 10 heteroatoms. The van der Waals surface area contributed by atoms with Gasteiger partial charge < -0.3 is 20.7 Å². The Morgan fingerprint density at radius 1 is 1.11 bits per heavy atom. The van der Waals surface area contributed by atoms with Gasteiger partial charge in [-0.1, -0.05) is 18.2 Å². The Labute approximate surface area is 211 Å². The Morgan fingerprint density at radius 3 is 2.73 bits per heavy atom. The molecular formula is C27H26FN7O2. The number of nitrogens with two attached hydrogens (primary N) is 1. The molecule has 1 aliphatic rings. The number of nitrogens with zero attached hydrogens (tertiary/aromatic N) is 5. The van der Waals surface area contributed by atoms with Crippen LogP contribution in [-0.4, -0.2) is 35.6 Å². The minimum absolute atomic E-state index is 0.0577. The SMILES string of the molecule is Nc1ncnc2c1c(-c1ccc(NCc3c4n(n(-c5ccccc5)c3=O)CCC4)cc1F)cn2CCO. The zero-order chi connectivity index (χ0) is 25.5. The van der Waals surface area contributed by atoms with Crippen LogP contribution in [0.5, 0.6) is 0 Å². The van der Waals surface area contributed by atoms with Crippen LogP contribution >= 0.6 is 0 Å². The van der Waals surface area contributed by atoms with Crippen molar-refractivity contribution >= 4 is 22.5 Å². The molecule has 0 saturated carbocycles. The van der Waals surface area contributed by atoms with E-state index >= 15 is 4.39 Å². The minimum atomic E-state index is -0.444. The van der Waals surface area contributed by atoms with Crippen LogP contribution in [0.25, 0.3) is 27.8 Å². The first-order valence-electron chi connectivity index (χ1n) is 12.2. The van der Waals surface area contributed by atoms with Crippen molar-refractivity contribution in [2.24, 2.45) is 0 Å². The van der Waals surface area contributed by atoms with E-state index in [9.17, 15) is 9.90 Å². The van der Waals surface area contributed by atoms with Gasteiger partial charge in [0, 0.05) is 48.3 Å². The minimum Gasteiger partial charge on any atom is -0.395 e. The Hall–Kier alpha value is -4.44. The first kappa shape index (κ1) is 23.0. The van der Waals surface area contributed by atoms with Crippen molar-refractivity contribution in [3.8, 4) is 16.8 Å². The number of nitrogens with one attached hydrogen (secondary N) is 1. The number of benzene rings is 2. The quantitative estimate of drug-likeness (QED) is 0.316. The first-order valence-corrected chi connectivity index (χ1v) is 12.2. The van der Waals surface area contributed by atoms with Gasteiger partial charge in [0.1, 0.15) is 23.6 Å². The number of halogens is 1. The molecule has 4 heterocycles. The molecule has 0 radical (unpaired) electrons. The molecule has 6 rings (SSSR count). The fourth-order valence-corrected chi connectivity index (χ4v) is 5.22. The van der Waals surface area contributed by atoms with Crippen molar-refractivity contribution in [1.82, 2.24) is 23.9 Å². The van der Waals surface area contributed by atoms with Gasteiger partial charge in [-0.2, -0.15) is 0 Å². The van der Waals surface area contributed by atoms with Crippen molar-refractivity contribution in [3.05, 3.63) is 88.5 Å². The van der Waals surface area contributed by atoms with Crippen LogP contribution < -0.4 is 16.6 Å². The highest BCUT2D eigenvalue weighted by atomic mass is 19.1. The highest BCUT2D eigenvalue weighted by Gasteiger charge is 2.24. The zero-order valence-corrected chi connectivity index (χ0v) is 20.1. The summed E-state index contributed by atoms with van der Waals surface area (Å²) >= 11 is 0. The Kier molecular flexibility index (Phi) is 5.72. The summed E-state index contributed by atoms with van der Waals surface area (Å²) in [7, 11) is 0. The third-order valence-corrected chi connectivity index (χ3v) is 6.89. The first-order chi connectivity index (χ1) is 18.1. The molecule has 0 unspecified atom stereocenters. The summed E-state index contributed by atoms with van der Waals surface area (Å²) in [5.41, 5.74) is 10.6. The number of aliphatic hydroxyl groups excluding tert-OH is 1. The highest BCUT2D eigenvalue weighted by molar-refractivity contribution is 6.00. The molecule has 188 valence electrons. The Balaban J connectivity index is 1.31. The highest BCUT2D eigenvalue weighted by Crippen LogP contribution is 2.35. The van der Waals surface area contributed by atoms with E-state index < -0.39 is 5.82 Å². The molecule has 5 aromatic rings. The van der Waals surface area contributed by atoms with Gasteiger partial charge >= 0.3 is 0 Å². The molecule has 0 atom stereocenters. The summed E-state index contributed by atoms with van der Waals surface area (Å²) in [5, 5.41) is 13.2. The summed E-state index contributed by atoms with van der Waals surface area (Å²) in [6.45, 7) is 1.30. The van der Waals surface area contributed by atoms with Gasteiger partial charge in [-0.15, -0.1) is 0 Å². The van der Waals surface area contributed by atoms with Gasteiger partial charge in [-0.05, 0) is 43.2 Å². The van der Waals surface area contributed by atoms with Gasteiger partial charge in [0.2, 0.25) is 0 Å². The van der Waals surface area contributed by atoms with Gasteiger partial charge in [0.25, 0.3) is 5.56 Å². The lowest BCUT2D eigenvalue weighted by molar-refractivity contribution is 0.278. The number of para-hydroxylation sites is 1. The summed E-state index contributed by atoms with van der Waals surface area (Å²) in [4.78, 5) is 21.7. The van der Waals surface area contributed by atoms with E-state index in [1.807, 2.05) is 35.0 Å². The van der Waals surface area contributed by atoms with Crippen molar-refractivity contribution in [2.75, 3.05) is 17.7 Å². The maximum atomic E-state index is 15.4. The molecular weight excluding hydrogens is 473 g/mol. The van der Waals surface area contributed by atoms with Crippen LogP contribution in [0.15, 0.2) is 65.8 Å². The summed E-state index contributed by atoms with van der Waals surface area (Å²) < 4.78 is 20.9. The van der Waals surface area contributed by atoms with Crippen molar-refractivity contribution in [3.63, 3.8) is 0 Å². The second kappa shape index (κ2) is 9.21. The van der Waals surface area contributed by atoms with Crippen LogP contribution in [0.4, 0.5) is 15.9 Å². The number of aromatic nitrogens is 5. The van der Waals surface area contributed by atoms with Gasteiger partial charge in [0.05, 0.1) is 23.2 Å². The van der Waals surface area contributed by atoms with Gasteiger partial charge in [-0.3, -0.25) is 9.48 Å². The second-order valence-electron chi connectivity index (χ2n) is 9.07. The second-order valence-corrected chi connectivity index (χ2v) is 9.07. The number of hydrogen-bond acceptors (Lipinski definition) is 6. The van der Waals surface area contributed by atoms with E-state index in [1.54, 1.807) is 27.6 Å². The average molecular weight is 500 g/mol. The van der Waals surface area contributed by atoms with Crippen LogP contribution in [-0.2, 0) is 26.1 Å². The third-order valence-electron chi connectivity index (χ3n) is 6.89. The topological polar surface area (TPSA) is 116 Å². The molecule has 9 nitrogen and oxygen atoms in total. The number of hydrogen-bond donors (Lipinski definition) is 3. The molecule has 0 fully saturated rings. The number of anilines is 2. The van der Waals surface area contributed by atoms with E-state index in [2.05, 4.69) is 15.3 Å². The lowest BCUT2D eigenvalue weighted by atomic mass is 10.0. The molecule has 0 saturated heterocycles.